The lowest BCUT2D eigenvalue weighted by molar-refractivity contribution is 1.07. The summed E-state index contributed by atoms with van der Waals surface area (Å²) in [5, 5.41) is 7.66. The van der Waals surface area contributed by atoms with Crippen molar-refractivity contribution < 1.29 is 0 Å². The van der Waals surface area contributed by atoms with E-state index in [0.29, 0.717) is 17.5 Å². The van der Waals surface area contributed by atoms with E-state index in [1.807, 2.05) is 54.6 Å². The Hall–Kier alpha value is -5.19. The van der Waals surface area contributed by atoms with Crippen LogP contribution < -0.4 is 0 Å². The molecule has 3 nitrogen and oxygen atoms in total. The lowest BCUT2D eigenvalue weighted by atomic mass is 9.92. The van der Waals surface area contributed by atoms with Gasteiger partial charge in [0.25, 0.3) is 0 Å². The number of hydrogen-bond donors (Lipinski definition) is 0. The van der Waals surface area contributed by atoms with E-state index in [4.69, 9.17) is 15.0 Å². The van der Waals surface area contributed by atoms with Crippen molar-refractivity contribution in [1.29, 1.82) is 0 Å². The second kappa shape index (κ2) is 10.6. The molecule has 1 heterocycles. The topological polar surface area (TPSA) is 38.7 Å². The molecule has 202 valence electrons. The zero-order valence-electron chi connectivity index (χ0n) is 23.1. The van der Waals surface area contributed by atoms with Crippen molar-refractivity contribution in [3.63, 3.8) is 0 Å². The number of halogens is 1. The van der Waals surface area contributed by atoms with Gasteiger partial charge in [0.1, 0.15) is 0 Å². The van der Waals surface area contributed by atoms with Gasteiger partial charge in [0.15, 0.2) is 17.5 Å². The normalized spacial score (nSPS) is 11.4. The van der Waals surface area contributed by atoms with Crippen LogP contribution in [0.4, 0.5) is 0 Å². The van der Waals surface area contributed by atoms with Gasteiger partial charge in [0.05, 0.1) is 0 Å². The highest BCUT2D eigenvalue weighted by atomic mass is 79.9. The molecule has 0 fully saturated rings. The summed E-state index contributed by atoms with van der Waals surface area (Å²) in [7, 11) is 0. The van der Waals surface area contributed by atoms with Crippen molar-refractivity contribution in [2.24, 2.45) is 0 Å². The second-order valence-electron chi connectivity index (χ2n) is 10.6. The van der Waals surface area contributed by atoms with Crippen LogP contribution in [0.25, 0.3) is 77.6 Å². The molecule has 0 radical (unpaired) electrons. The molecule has 4 heteroatoms. The van der Waals surface area contributed by atoms with Gasteiger partial charge < -0.3 is 0 Å². The van der Waals surface area contributed by atoms with Gasteiger partial charge in [0.2, 0.25) is 0 Å². The maximum absolute atomic E-state index is 4.90. The van der Waals surface area contributed by atoms with Crippen molar-refractivity contribution in [2.75, 3.05) is 0 Å². The molecule has 0 atom stereocenters. The Morgan fingerprint density at radius 2 is 0.674 bits per heavy atom. The van der Waals surface area contributed by atoms with Crippen LogP contribution in [-0.4, -0.2) is 15.0 Å². The van der Waals surface area contributed by atoms with Crippen molar-refractivity contribution in [2.45, 2.75) is 0 Å². The molecule has 0 spiro atoms. The van der Waals surface area contributed by atoms with E-state index in [1.165, 1.54) is 37.9 Å². The fourth-order valence-electron chi connectivity index (χ4n) is 5.85. The van der Waals surface area contributed by atoms with Gasteiger partial charge in [-0.3, -0.25) is 0 Å². The minimum atomic E-state index is 0.647. The molecule has 0 bridgehead atoms. The number of aromatic nitrogens is 3. The molecule has 1 aromatic heterocycles. The molecule has 0 saturated carbocycles. The molecule has 0 aliphatic heterocycles. The average molecular weight is 615 g/mol. The maximum Gasteiger partial charge on any atom is 0.164 e. The first-order valence-corrected chi connectivity index (χ1v) is 15.0. The fraction of sp³-hybridized carbons (Fsp3) is 0. The summed E-state index contributed by atoms with van der Waals surface area (Å²) in [6.07, 6.45) is 0. The fourth-order valence-corrected chi connectivity index (χ4v) is 6.11. The molecular weight excluding hydrogens is 590 g/mol. The van der Waals surface area contributed by atoms with E-state index < -0.39 is 0 Å². The number of nitrogens with zero attached hydrogens (tertiary/aromatic N) is 3. The Bertz CT molecular complexity index is 2240. The van der Waals surface area contributed by atoms with Crippen LogP contribution in [0.15, 0.2) is 150 Å². The van der Waals surface area contributed by atoms with Crippen molar-refractivity contribution in [1.82, 2.24) is 15.0 Å². The van der Waals surface area contributed by atoms with Gasteiger partial charge in [0, 0.05) is 21.2 Å². The van der Waals surface area contributed by atoms with E-state index in [9.17, 15) is 0 Å². The third kappa shape index (κ3) is 4.66. The lowest BCUT2D eigenvalue weighted by Crippen LogP contribution is -2.00. The van der Waals surface area contributed by atoms with E-state index in [-0.39, 0.29) is 0 Å². The molecule has 0 saturated heterocycles. The summed E-state index contributed by atoms with van der Waals surface area (Å²) in [4.78, 5) is 14.6. The van der Waals surface area contributed by atoms with E-state index >= 15 is 0 Å². The van der Waals surface area contributed by atoms with Crippen LogP contribution in [0.1, 0.15) is 0 Å². The van der Waals surface area contributed by atoms with Gasteiger partial charge in [-0.1, -0.05) is 143 Å². The Morgan fingerprint density at radius 1 is 0.302 bits per heavy atom. The Balaban J connectivity index is 1.23. The SMILES string of the molecule is Brc1ccc(-c2nc(-c3ccccc3)nc(-c3ccc(-c4ccc5c6ccccc6c6ccccc6c5c4)cc3)n2)cc1. The van der Waals surface area contributed by atoms with Gasteiger partial charge in [-0.15, -0.1) is 0 Å². The number of hydrogen-bond acceptors (Lipinski definition) is 3. The highest BCUT2D eigenvalue weighted by Crippen LogP contribution is 2.37. The van der Waals surface area contributed by atoms with Crippen LogP contribution in [0.5, 0.6) is 0 Å². The van der Waals surface area contributed by atoms with Crippen molar-refractivity contribution in [3.8, 4) is 45.3 Å². The molecule has 0 unspecified atom stereocenters. The minimum Gasteiger partial charge on any atom is -0.208 e. The highest BCUT2D eigenvalue weighted by Gasteiger charge is 2.13. The van der Waals surface area contributed by atoms with Crippen LogP contribution >= 0.6 is 15.9 Å². The average Bonchev–Trinajstić information content (AvgIpc) is 3.09. The third-order valence-electron chi connectivity index (χ3n) is 7.99. The number of rotatable bonds is 4. The standard InChI is InChI=1S/C39H24BrN3/c40-30-21-18-28(19-22-30)39-42-37(26-8-2-1-3-9-26)41-38(43-39)27-16-14-25(15-17-27)29-20-23-35-33-12-5-4-10-31(33)32-11-6-7-13-34(32)36(35)24-29/h1-24H. The van der Waals surface area contributed by atoms with Gasteiger partial charge in [-0.25, -0.2) is 15.0 Å². The second-order valence-corrected chi connectivity index (χ2v) is 11.5. The summed E-state index contributed by atoms with van der Waals surface area (Å²) in [6, 6.07) is 50.8. The summed E-state index contributed by atoms with van der Waals surface area (Å²) in [6.45, 7) is 0. The molecule has 8 aromatic rings. The lowest BCUT2D eigenvalue weighted by Gasteiger charge is -2.12. The molecule has 0 aliphatic carbocycles. The molecule has 0 aliphatic rings. The summed E-state index contributed by atoms with van der Waals surface area (Å²) in [5.41, 5.74) is 5.16. The molecule has 0 N–H and O–H groups in total. The molecule has 7 aromatic carbocycles. The monoisotopic (exact) mass is 613 g/mol. The van der Waals surface area contributed by atoms with Gasteiger partial charge in [-0.2, -0.15) is 0 Å². The van der Waals surface area contributed by atoms with E-state index in [2.05, 4.69) is 107 Å². The first-order chi connectivity index (χ1) is 21.2. The van der Waals surface area contributed by atoms with E-state index in [0.717, 1.165) is 26.7 Å². The van der Waals surface area contributed by atoms with Crippen molar-refractivity contribution >= 4 is 48.2 Å². The van der Waals surface area contributed by atoms with Crippen LogP contribution in [-0.2, 0) is 0 Å². The Kier molecular flexibility index (Phi) is 6.27. The molecular formula is C39H24BrN3. The third-order valence-corrected chi connectivity index (χ3v) is 8.52. The van der Waals surface area contributed by atoms with Crippen LogP contribution in [0.3, 0.4) is 0 Å². The Morgan fingerprint density at radius 3 is 1.21 bits per heavy atom. The van der Waals surface area contributed by atoms with E-state index in [1.54, 1.807) is 0 Å². The largest absolute Gasteiger partial charge is 0.208 e. The number of benzene rings is 7. The zero-order valence-corrected chi connectivity index (χ0v) is 24.7. The van der Waals surface area contributed by atoms with Crippen LogP contribution in [0, 0.1) is 0 Å². The molecule has 0 amide bonds. The maximum atomic E-state index is 4.90. The molecule has 43 heavy (non-hydrogen) atoms. The summed E-state index contributed by atoms with van der Waals surface area (Å²) >= 11 is 3.53. The molecule has 8 rings (SSSR count). The first kappa shape index (κ1) is 25.5. The highest BCUT2D eigenvalue weighted by molar-refractivity contribution is 9.10. The predicted octanol–water partition coefficient (Wildman–Crippen LogP) is 10.8. The number of fused-ring (bicyclic) bond motifs is 6. The minimum absolute atomic E-state index is 0.647. The van der Waals surface area contributed by atoms with Gasteiger partial charge in [-0.05, 0) is 61.6 Å². The van der Waals surface area contributed by atoms with Crippen molar-refractivity contribution in [3.05, 3.63) is 150 Å². The van der Waals surface area contributed by atoms with Gasteiger partial charge >= 0.3 is 0 Å². The summed E-state index contributed by atoms with van der Waals surface area (Å²) in [5.74, 6) is 1.95. The smallest absolute Gasteiger partial charge is 0.164 e. The first-order valence-electron chi connectivity index (χ1n) is 14.2. The predicted molar refractivity (Wildman–Crippen MR) is 182 cm³/mol. The quantitative estimate of drug-likeness (QED) is 0.185. The Labute approximate surface area is 257 Å². The van der Waals surface area contributed by atoms with Crippen LogP contribution in [0.2, 0.25) is 0 Å². The zero-order chi connectivity index (χ0) is 28.8. The summed E-state index contributed by atoms with van der Waals surface area (Å²) < 4.78 is 1.01.